The number of nitrogens with two attached hydrogens (primary N) is 1. The second kappa shape index (κ2) is 7.07. The molecule has 0 unspecified atom stereocenters. The van der Waals surface area contributed by atoms with Crippen LogP contribution in [0.1, 0.15) is 26.7 Å². The molecular weight excluding hydrogens is 212 g/mol. The van der Waals surface area contributed by atoms with Crippen LogP contribution in [0.15, 0.2) is 30.3 Å². The molecule has 0 bridgehead atoms. The lowest BCUT2D eigenvalue weighted by atomic mass is 9.94. The topological polar surface area (TPSA) is 55.1 Å². The van der Waals surface area contributed by atoms with Crippen molar-refractivity contribution < 1.29 is 4.79 Å². The molecular formula is C14H22N2O. The number of carbonyl (C=O) groups is 1. The van der Waals surface area contributed by atoms with Gasteiger partial charge in [0.1, 0.15) is 0 Å². The van der Waals surface area contributed by atoms with E-state index in [4.69, 9.17) is 5.73 Å². The lowest BCUT2D eigenvalue weighted by Gasteiger charge is -2.16. The van der Waals surface area contributed by atoms with Crippen molar-refractivity contribution in [2.75, 3.05) is 11.9 Å². The third kappa shape index (κ3) is 5.50. The quantitative estimate of drug-likeness (QED) is 0.795. The zero-order valence-electron chi connectivity index (χ0n) is 10.6. The number of hydrogen-bond donors (Lipinski definition) is 2. The van der Waals surface area contributed by atoms with E-state index in [1.165, 1.54) is 0 Å². The summed E-state index contributed by atoms with van der Waals surface area (Å²) >= 11 is 0. The Hall–Kier alpha value is -1.35. The summed E-state index contributed by atoms with van der Waals surface area (Å²) < 4.78 is 0. The van der Waals surface area contributed by atoms with Crippen LogP contribution in [0.3, 0.4) is 0 Å². The predicted molar refractivity (Wildman–Crippen MR) is 71.7 cm³/mol. The summed E-state index contributed by atoms with van der Waals surface area (Å²) in [5, 5.41) is 2.89. The standard InChI is InChI=1S/C14H22N2O/c1-11(2)8-12(10-15)9-14(17)16-13-6-4-3-5-7-13/h3-7,11-12H,8-10,15H2,1-2H3,(H,16,17)/t12-/m0/s1. The van der Waals surface area contributed by atoms with Crippen LogP contribution in [-0.2, 0) is 4.79 Å². The zero-order chi connectivity index (χ0) is 12.7. The third-order valence-electron chi connectivity index (χ3n) is 2.67. The lowest BCUT2D eigenvalue weighted by Crippen LogP contribution is -2.23. The summed E-state index contributed by atoms with van der Waals surface area (Å²) in [5.74, 6) is 0.902. The van der Waals surface area contributed by atoms with Crippen molar-refractivity contribution in [1.82, 2.24) is 0 Å². The first-order valence-electron chi connectivity index (χ1n) is 6.16. The Morgan fingerprint density at radius 2 is 1.94 bits per heavy atom. The van der Waals surface area contributed by atoms with Gasteiger partial charge in [0.25, 0.3) is 0 Å². The van der Waals surface area contributed by atoms with E-state index >= 15 is 0 Å². The van der Waals surface area contributed by atoms with Crippen LogP contribution in [-0.4, -0.2) is 12.5 Å². The molecule has 3 N–H and O–H groups in total. The number of nitrogens with one attached hydrogen (secondary N) is 1. The van der Waals surface area contributed by atoms with E-state index < -0.39 is 0 Å². The van der Waals surface area contributed by atoms with Crippen LogP contribution in [0.25, 0.3) is 0 Å². The molecule has 1 amide bonds. The highest BCUT2D eigenvalue weighted by molar-refractivity contribution is 5.90. The summed E-state index contributed by atoms with van der Waals surface area (Å²) in [5.41, 5.74) is 6.53. The van der Waals surface area contributed by atoms with Crippen LogP contribution in [0.5, 0.6) is 0 Å². The minimum absolute atomic E-state index is 0.0484. The van der Waals surface area contributed by atoms with Crippen molar-refractivity contribution in [3.63, 3.8) is 0 Å². The maximum absolute atomic E-state index is 11.8. The summed E-state index contributed by atoms with van der Waals surface area (Å²) in [6.45, 7) is 4.87. The van der Waals surface area contributed by atoms with Crippen molar-refractivity contribution in [3.05, 3.63) is 30.3 Å². The van der Waals surface area contributed by atoms with Gasteiger partial charge in [-0.1, -0.05) is 32.0 Å². The smallest absolute Gasteiger partial charge is 0.224 e. The molecule has 0 saturated heterocycles. The van der Waals surface area contributed by atoms with E-state index in [1.807, 2.05) is 30.3 Å². The van der Waals surface area contributed by atoms with Crippen LogP contribution < -0.4 is 11.1 Å². The molecule has 0 radical (unpaired) electrons. The SMILES string of the molecule is CC(C)C[C@H](CN)CC(=O)Nc1ccccc1. The monoisotopic (exact) mass is 234 g/mol. The van der Waals surface area contributed by atoms with E-state index in [9.17, 15) is 4.79 Å². The van der Waals surface area contributed by atoms with Crippen molar-refractivity contribution in [3.8, 4) is 0 Å². The van der Waals surface area contributed by atoms with Gasteiger partial charge in [0.15, 0.2) is 0 Å². The van der Waals surface area contributed by atoms with Crippen LogP contribution in [0.4, 0.5) is 5.69 Å². The van der Waals surface area contributed by atoms with Crippen LogP contribution in [0, 0.1) is 11.8 Å². The second-order valence-electron chi connectivity index (χ2n) is 4.85. The molecule has 3 heteroatoms. The molecule has 0 aromatic heterocycles. The van der Waals surface area contributed by atoms with Crippen LogP contribution >= 0.6 is 0 Å². The Kier molecular flexibility index (Phi) is 5.70. The molecule has 0 heterocycles. The van der Waals surface area contributed by atoms with Crippen LogP contribution in [0.2, 0.25) is 0 Å². The molecule has 94 valence electrons. The summed E-state index contributed by atoms with van der Waals surface area (Å²) in [6, 6.07) is 9.51. The maximum atomic E-state index is 11.8. The van der Waals surface area contributed by atoms with Gasteiger partial charge in [-0.2, -0.15) is 0 Å². The molecule has 1 rings (SSSR count). The largest absolute Gasteiger partial charge is 0.330 e. The molecule has 0 fully saturated rings. The van der Waals surface area contributed by atoms with Gasteiger partial charge < -0.3 is 11.1 Å². The normalized spacial score (nSPS) is 12.5. The fourth-order valence-corrected chi connectivity index (χ4v) is 1.93. The number of amides is 1. The Labute approximate surface area is 103 Å². The maximum Gasteiger partial charge on any atom is 0.224 e. The summed E-state index contributed by atoms with van der Waals surface area (Å²) in [4.78, 5) is 11.8. The average Bonchev–Trinajstić information content (AvgIpc) is 2.28. The number of rotatable bonds is 6. The highest BCUT2D eigenvalue weighted by atomic mass is 16.1. The minimum Gasteiger partial charge on any atom is -0.330 e. The Morgan fingerprint density at radius 1 is 1.29 bits per heavy atom. The minimum atomic E-state index is 0.0484. The Morgan fingerprint density at radius 3 is 2.47 bits per heavy atom. The van der Waals surface area contributed by atoms with Crippen molar-refractivity contribution in [2.24, 2.45) is 17.6 Å². The summed E-state index contributed by atoms with van der Waals surface area (Å²) in [7, 11) is 0. The van der Waals surface area contributed by atoms with Gasteiger partial charge in [-0.05, 0) is 36.9 Å². The average molecular weight is 234 g/mol. The van der Waals surface area contributed by atoms with Gasteiger partial charge in [0.2, 0.25) is 5.91 Å². The molecule has 0 aliphatic carbocycles. The molecule has 17 heavy (non-hydrogen) atoms. The highest BCUT2D eigenvalue weighted by Gasteiger charge is 2.13. The summed E-state index contributed by atoms with van der Waals surface area (Å²) in [6.07, 6.45) is 1.50. The van der Waals surface area contributed by atoms with E-state index in [0.717, 1.165) is 12.1 Å². The fourth-order valence-electron chi connectivity index (χ4n) is 1.93. The number of benzene rings is 1. The van der Waals surface area contributed by atoms with E-state index in [0.29, 0.717) is 18.9 Å². The molecule has 1 aromatic carbocycles. The molecule has 1 atom stereocenters. The van der Waals surface area contributed by atoms with E-state index in [-0.39, 0.29) is 11.8 Å². The van der Waals surface area contributed by atoms with Crippen molar-refractivity contribution >= 4 is 11.6 Å². The van der Waals surface area contributed by atoms with Crippen molar-refractivity contribution in [1.29, 1.82) is 0 Å². The predicted octanol–water partition coefficient (Wildman–Crippen LogP) is 2.64. The molecule has 0 aliphatic rings. The van der Waals surface area contributed by atoms with Gasteiger partial charge in [0.05, 0.1) is 0 Å². The molecule has 1 aromatic rings. The van der Waals surface area contributed by atoms with Gasteiger partial charge in [-0.3, -0.25) is 4.79 Å². The van der Waals surface area contributed by atoms with Gasteiger partial charge in [0, 0.05) is 12.1 Å². The van der Waals surface area contributed by atoms with Gasteiger partial charge >= 0.3 is 0 Å². The Bertz CT molecular complexity index is 335. The molecule has 3 nitrogen and oxygen atoms in total. The van der Waals surface area contributed by atoms with E-state index in [2.05, 4.69) is 19.2 Å². The van der Waals surface area contributed by atoms with Gasteiger partial charge in [-0.25, -0.2) is 0 Å². The fraction of sp³-hybridized carbons (Fsp3) is 0.500. The van der Waals surface area contributed by atoms with Gasteiger partial charge in [-0.15, -0.1) is 0 Å². The van der Waals surface area contributed by atoms with E-state index in [1.54, 1.807) is 0 Å². The lowest BCUT2D eigenvalue weighted by molar-refractivity contribution is -0.117. The molecule has 0 saturated carbocycles. The number of para-hydroxylation sites is 1. The Balaban J connectivity index is 2.43. The number of carbonyl (C=O) groups excluding carboxylic acids is 1. The molecule has 0 aliphatic heterocycles. The number of hydrogen-bond acceptors (Lipinski definition) is 2. The first-order chi connectivity index (χ1) is 8.11. The first kappa shape index (κ1) is 13.7. The molecule has 0 spiro atoms. The highest BCUT2D eigenvalue weighted by Crippen LogP contribution is 2.15. The second-order valence-corrected chi connectivity index (χ2v) is 4.85. The number of anilines is 1. The van der Waals surface area contributed by atoms with Crippen molar-refractivity contribution in [2.45, 2.75) is 26.7 Å². The zero-order valence-corrected chi connectivity index (χ0v) is 10.6. The first-order valence-corrected chi connectivity index (χ1v) is 6.16. The third-order valence-corrected chi connectivity index (χ3v) is 2.67.